The van der Waals surface area contributed by atoms with Gasteiger partial charge >= 0.3 is 0 Å². The van der Waals surface area contributed by atoms with Crippen LogP contribution in [0.3, 0.4) is 0 Å². The number of hydrogen-bond acceptors (Lipinski definition) is 6. The Bertz CT molecular complexity index is 1520. The van der Waals surface area contributed by atoms with Crippen LogP contribution in [0.25, 0.3) is 0 Å². The zero-order valence-corrected chi connectivity index (χ0v) is 21.7. The molecule has 0 spiro atoms. The standard InChI is InChI=1S/C32H28O6/c1-5-19(18-10-7-6-8-11-18)29(34)25-16(2)24(17(3)33)20-14-15-22-28(27(20)32(25)37)31(36)21-12-9-13-23(38-4)26(21)30(22)35/h6-16,19,24-25H,5H2,1-4H3/t16-,19+,24-,25+/m0/s1. The number of methoxy groups -OCH3 is 1. The largest absolute Gasteiger partial charge is 0.496 e. The maximum atomic E-state index is 14.2. The monoisotopic (exact) mass is 508 g/mol. The summed E-state index contributed by atoms with van der Waals surface area (Å²) >= 11 is 0. The SMILES string of the molecule is CC[C@@H](C(=O)[C@@H]1C(=O)c2c(ccc3c2C(=O)c2cccc(OC)c2C3=O)[C@H](C(C)=O)[C@@H]1C)c1ccccc1. The van der Waals surface area contributed by atoms with E-state index in [0.717, 1.165) is 5.56 Å². The molecule has 0 saturated heterocycles. The van der Waals surface area contributed by atoms with Crippen LogP contribution in [-0.2, 0) is 9.59 Å². The molecule has 3 aromatic carbocycles. The number of hydrogen-bond donors (Lipinski definition) is 0. The van der Waals surface area contributed by atoms with Crippen LogP contribution in [0.5, 0.6) is 5.75 Å². The Morgan fingerprint density at radius 1 is 0.816 bits per heavy atom. The van der Waals surface area contributed by atoms with Crippen LogP contribution in [0.1, 0.15) is 92.4 Å². The van der Waals surface area contributed by atoms with Gasteiger partial charge in [-0.1, -0.05) is 62.4 Å². The molecule has 0 heterocycles. The molecule has 0 amide bonds. The van der Waals surface area contributed by atoms with E-state index in [1.54, 1.807) is 25.1 Å². The fraction of sp³-hybridized carbons (Fsp3) is 0.281. The van der Waals surface area contributed by atoms with Crippen molar-refractivity contribution in [2.24, 2.45) is 11.8 Å². The smallest absolute Gasteiger partial charge is 0.198 e. The lowest BCUT2D eigenvalue weighted by Gasteiger charge is -2.37. The average Bonchev–Trinajstić information content (AvgIpc) is 2.91. The number of ketones is 5. The van der Waals surface area contributed by atoms with E-state index in [2.05, 4.69) is 0 Å². The first-order chi connectivity index (χ1) is 18.2. The highest BCUT2D eigenvalue weighted by molar-refractivity contribution is 6.33. The van der Waals surface area contributed by atoms with Gasteiger partial charge in [0.2, 0.25) is 0 Å². The van der Waals surface area contributed by atoms with Crippen molar-refractivity contribution < 1.29 is 28.7 Å². The van der Waals surface area contributed by atoms with E-state index >= 15 is 0 Å². The molecule has 0 saturated carbocycles. The second-order valence-corrected chi connectivity index (χ2v) is 10.1. The molecule has 192 valence electrons. The van der Waals surface area contributed by atoms with Gasteiger partial charge < -0.3 is 4.74 Å². The quantitative estimate of drug-likeness (QED) is 0.326. The molecule has 4 atom stereocenters. The Balaban J connectivity index is 1.71. The minimum absolute atomic E-state index is 0.0221. The van der Waals surface area contributed by atoms with Gasteiger partial charge in [0.15, 0.2) is 23.1 Å². The maximum Gasteiger partial charge on any atom is 0.198 e. The summed E-state index contributed by atoms with van der Waals surface area (Å²) in [7, 11) is 1.42. The van der Waals surface area contributed by atoms with Crippen molar-refractivity contribution in [3.8, 4) is 5.75 Å². The lowest BCUT2D eigenvalue weighted by atomic mass is 9.62. The van der Waals surface area contributed by atoms with Crippen molar-refractivity contribution in [3.05, 3.63) is 99.6 Å². The molecule has 0 aliphatic heterocycles. The molecule has 5 rings (SSSR count). The van der Waals surface area contributed by atoms with E-state index in [1.165, 1.54) is 26.2 Å². The molecule has 3 aromatic rings. The first-order valence-corrected chi connectivity index (χ1v) is 12.8. The Morgan fingerprint density at radius 2 is 1.47 bits per heavy atom. The summed E-state index contributed by atoms with van der Waals surface area (Å²) in [6.07, 6.45) is 0.481. The fourth-order valence-corrected chi connectivity index (χ4v) is 6.31. The molecule has 0 bridgehead atoms. The van der Waals surface area contributed by atoms with Crippen LogP contribution >= 0.6 is 0 Å². The zero-order valence-electron chi connectivity index (χ0n) is 21.7. The molecule has 0 N–H and O–H groups in total. The lowest BCUT2D eigenvalue weighted by Crippen LogP contribution is -2.43. The molecule has 0 unspecified atom stereocenters. The van der Waals surface area contributed by atoms with Gasteiger partial charge in [0.05, 0.1) is 18.6 Å². The van der Waals surface area contributed by atoms with Crippen LogP contribution < -0.4 is 4.74 Å². The Morgan fingerprint density at radius 3 is 2.11 bits per heavy atom. The third kappa shape index (κ3) is 3.66. The topological polar surface area (TPSA) is 94.6 Å². The Hall–Kier alpha value is -4.19. The summed E-state index contributed by atoms with van der Waals surface area (Å²) < 4.78 is 5.34. The predicted molar refractivity (Wildman–Crippen MR) is 141 cm³/mol. The molecule has 2 aliphatic carbocycles. The molecule has 2 aliphatic rings. The van der Waals surface area contributed by atoms with Gasteiger partial charge in [0.25, 0.3) is 0 Å². The third-order valence-corrected chi connectivity index (χ3v) is 8.04. The first kappa shape index (κ1) is 25.5. The molecule has 38 heavy (non-hydrogen) atoms. The summed E-state index contributed by atoms with van der Waals surface area (Å²) in [6, 6.07) is 17.1. The minimum Gasteiger partial charge on any atom is -0.496 e. The lowest BCUT2D eigenvalue weighted by molar-refractivity contribution is -0.126. The van der Waals surface area contributed by atoms with Gasteiger partial charge in [-0.2, -0.15) is 0 Å². The van der Waals surface area contributed by atoms with Crippen LogP contribution in [0.4, 0.5) is 0 Å². The van der Waals surface area contributed by atoms with Gasteiger partial charge in [-0.3, -0.25) is 24.0 Å². The number of benzene rings is 3. The highest BCUT2D eigenvalue weighted by atomic mass is 16.5. The normalized spacial score (nSPS) is 20.7. The van der Waals surface area contributed by atoms with Gasteiger partial charge in [-0.15, -0.1) is 0 Å². The molecule has 0 fully saturated rings. The van der Waals surface area contributed by atoms with Crippen LogP contribution in [0.2, 0.25) is 0 Å². The number of Topliss-reactive ketones (excluding diaryl/α,β-unsaturated/α-hetero) is 3. The van der Waals surface area contributed by atoms with Gasteiger partial charge in [0, 0.05) is 34.1 Å². The van der Waals surface area contributed by atoms with E-state index in [0.29, 0.717) is 12.0 Å². The van der Waals surface area contributed by atoms with Crippen LogP contribution in [0.15, 0.2) is 60.7 Å². The molecular formula is C32H28O6. The summed E-state index contributed by atoms with van der Waals surface area (Å²) in [5, 5.41) is 0. The summed E-state index contributed by atoms with van der Waals surface area (Å²) in [5.41, 5.74) is 1.56. The summed E-state index contributed by atoms with van der Waals surface area (Å²) in [4.78, 5) is 68.7. The second kappa shape index (κ2) is 9.60. The van der Waals surface area contributed by atoms with Crippen LogP contribution in [-0.4, -0.2) is 36.0 Å². The molecule has 0 aromatic heterocycles. The van der Waals surface area contributed by atoms with Crippen molar-refractivity contribution in [2.75, 3.05) is 7.11 Å². The first-order valence-electron chi connectivity index (χ1n) is 12.8. The van der Waals surface area contributed by atoms with Gasteiger partial charge in [-0.25, -0.2) is 0 Å². The van der Waals surface area contributed by atoms with Crippen molar-refractivity contribution in [2.45, 2.75) is 39.0 Å². The van der Waals surface area contributed by atoms with Crippen molar-refractivity contribution in [3.63, 3.8) is 0 Å². The highest BCUT2D eigenvalue weighted by Gasteiger charge is 2.49. The Labute approximate surface area is 221 Å². The van der Waals surface area contributed by atoms with Crippen molar-refractivity contribution >= 4 is 28.9 Å². The second-order valence-electron chi connectivity index (χ2n) is 10.1. The van der Waals surface area contributed by atoms with E-state index in [4.69, 9.17) is 4.74 Å². The Kier molecular flexibility index (Phi) is 6.43. The third-order valence-electron chi connectivity index (χ3n) is 8.04. The van der Waals surface area contributed by atoms with E-state index < -0.39 is 41.0 Å². The number of fused-ring (bicyclic) bond motifs is 4. The average molecular weight is 509 g/mol. The number of rotatable bonds is 6. The zero-order chi connectivity index (χ0) is 27.3. The fourth-order valence-electron chi connectivity index (χ4n) is 6.31. The van der Waals surface area contributed by atoms with Gasteiger partial charge in [0.1, 0.15) is 11.5 Å². The van der Waals surface area contributed by atoms with E-state index in [-0.39, 0.29) is 45.1 Å². The predicted octanol–water partition coefficient (Wildman–Crippen LogP) is 5.35. The van der Waals surface area contributed by atoms with Crippen LogP contribution in [0, 0.1) is 11.8 Å². The summed E-state index contributed by atoms with van der Waals surface area (Å²) in [6.45, 7) is 5.07. The molecule has 6 heteroatoms. The van der Waals surface area contributed by atoms with E-state index in [1.807, 2.05) is 37.3 Å². The highest BCUT2D eigenvalue weighted by Crippen LogP contribution is 2.46. The van der Waals surface area contributed by atoms with Gasteiger partial charge in [-0.05, 0) is 42.5 Å². The van der Waals surface area contributed by atoms with E-state index in [9.17, 15) is 24.0 Å². The minimum atomic E-state index is -1.12. The molecular weight excluding hydrogens is 480 g/mol. The number of carbonyl (C=O) groups excluding carboxylic acids is 5. The summed E-state index contributed by atoms with van der Waals surface area (Å²) in [5.74, 6) is -4.65. The maximum absolute atomic E-state index is 14.2. The number of ether oxygens (including phenoxy) is 1. The van der Waals surface area contributed by atoms with Crippen molar-refractivity contribution in [1.29, 1.82) is 0 Å². The molecule has 6 nitrogen and oxygen atoms in total. The van der Waals surface area contributed by atoms with Crippen molar-refractivity contribution in [1.82, 2.24) is 0 Å². The molecule has 0 radical (unpaired) electrons. The number of carbonyl (C=O) groups is 5.